The predicted octanol–water partition coefficient (Wildman–Crippen LogP) is 1.96. The van der Waals surface area contributed by atoms with Crippen LogP contribution in [-0.2, 0) is 0 Å². The first-order chi connectivity index (χ1) is 9.81. The van der Waals surface area contributed by atoms with Crippen molar-refractivity contribution in [1.29, 1.82) is 0 Å². The Morgan fingerprint density at radius 3 is 2.80 bits per heavy atom. The number of amides is 1. The van der Waals surface area contributed by atoms with Crippen LogP contribution in [0.2, 0.25) is 0 Å². The van der Waals surface area contributed by atoms with Gasteiger partial charge in [0.25, 0.3) is 5.91 Å². The minimum Gasteiger partial charge on any atom is -0.493 e. The van der Waals surface area contributed by atoms with E-state index in [9.17, 15) is 4.79 Å². The van der Waals surface area contributed by atoms with Crippen LogP contribution < -0.4 is 15.4 Å². The van der Waals surface area contributed by atoms with E-state index in [1.54, 1.807) is 0 Å². The lowest BCUT2D eigenvalue weighted by molar-refractivity contribution is 0.0950. The van der Waals surface area contributed by atoms with Crippen LogP contribution in [0.5, 0.6) is 5.75 Å². The molecule has 20 heavy (non-hydrogen) atoms. The van der Waals surface area contributed by atoms with E-state index in [4.69, 9.17) is 4.74 Å². The molecule has 1 saturated carbocycles. The molecule has 4 nitrogen and oxygen atoms in total. The number of carbonyl (C=O) groups is 1. The van der Waals surface area contributed by atoms with Crippen LogP contribution in [0.1, 0.15) is 36.0 Å². The van der Waals surface area contributed by atoms with Crippen LogP contribution in [0.15, 0.2) is 24.3 Å². The van der Waals surface area contributed by atoms with E-state index in [-0.39, 0.29) is 5.91 Å². The number of benzene rings is 1. The van der Waals surface area contributed by atoms with Gasteiger partial charge >= 0.3 is 0 Å². The number of hydrogen-bond donors (Lipinski definition) is 2. The van der Waals surface area contributed by atoms with Crippen molar-refractivity contribution in [2.24, 2.45) is 5.92 Å². The van der Waals surface area contributed by atoms with Gasteiger partial charge in [0.15, 0.2) is 0 Å². The highest BCUT2D eigenvalue weighted by Crippen LogP contribution is 2.21. The van der Waals surface area contributed by atoms with E-state index in [0.29, 0.717) is 17.5 Å². The number of carbonyl (C=O) groups excluding carboxylic acids is 1. The maximum absolute atomic E-state index is 12.0. The van der Waals surface area contributed by atoms with Crippen molar-refractivity contribution in [1.82, 2.24) is 10.6 Å². The second kappa shape index (κ2) is 6.27. The van der Waals surface area contributed by atoms with Gasteiger partial charge in [-0.15, -0.1) is 0 Å². The van der Waals surface area contributed by atoms with Crippen molar-refractivity contribution >= 4 is 5.91 Å². The number of ether oxygens (including phenoxy) is 1. The highest BCUT2D eigenvalue weighted by molar-refractivity contribution is 5.94. The fourth-order valence-corrected chi connectivity index (χ4v) is 2.49. The zero-order valence-electron chi connectivity index (χ0n) is 11.7. The van der Waals surface area contributed by atoms with E-state index in [1.807, 2.05) is 24.3 Å². The molecule has 1 amide bonds. The van der Waals surface area contributed by atoms with Gasteiger partial charge < -0.3 is 15.4 Å². The third-order valence-electron chi connectivity index (χ3n) is 3.95. The lowest BCUT2D eigenvalue weighted by Gasteiger charge is -2.22. The molecule has 0 bridgehead atoms. The normalized spacial score (nSPS) is 19.6. The van der Waals surface area contributed by atoms with Gasteiger partial charge in [-0.25, -0.2) is 0 Å². The summed E-state index contributed by atoms with van der Waals surface area (Å²) in [5.74, 6) is 1.44. The molecule has 2 fully saturated rings. The molecule has 0 spiro atoms. The summed E-state index contributed by atoms with van der Waals surface area (Å²) < 4.78 is 5.85. The zero-order valence-corrected chi connectivity index (χ0v) is 11.7. The van der Waals surface area contributed by atoms with Crippen molar-refractivity contribution in [3.8, 4) is 5.75 Å². The summed E-state index contributed by atoms with van der Waals surface area (Å²) >= 11 is 0. The molecule has 2 N–H and O–H groups in total. The molecule has 0 unspecified atom stereocenters. The van der Waals surface area contributed by atoms with Crippen LogP contribution in [0, 0.1) is 5.92 Å². The predicted molar refractivity (Wildman–Crippen MR) is 78.0 cm³/mol. The smallest absolute Gasteiger partial charge is 0.251 e. The fourth-order valence-electron chi connectivity index (χ4n) is 2.49. The molecule has 1 aromatic carbocycles. The van der Waals surface area contributed by atoms with E-state index in [2.05, 4.69) is 10.6 Å². The fraction of sp³-hybridized carbons (Fsp3) is 0.562. The summed E-state index contributed by atoms with van der Waals surface area (Å²) in [5, 5.41) is 6.35. The standard InChI is InChI=1S/C16H22N2O2/c19-16(18-14-4-5-14)13-2-1-3-15(10-13)20-11-12-6-8-17-9-7-12/h1-3,10,12,14,17H,4-9,11H2,(H,18,19). The van der Waals surface area contributed by atoms with E-state index in [0.717, 1.165) is 38.3 Å². The Bertz CT molecular complexity index is 465. The first-order valence-corrected chi connectivity index (χ1v) is 7.56. The highest BCUT2D eigenvalue weighted by Gasteiger charge is 2.23. The summed E-state index contributed by atoms with van der Waals surface area (Å²) in [5.41, 5.74) is 0.694. The number of piperidine rings is 1. The van der Waals surface area contributed by atoms with Crippen LogP contribution in [0.4, 0.5) is 0 Å². The molecule has 0 aromatic heterocycles. The Hall–Kier alpha value is -1.55. The van der Waals surface area contributed by atoms with Gasteiger partial charge in [0.2, 0.25) is 0 Å². The van der Waals surface area contributed by atoms with E-state index in [1.165, 1.54) is 12.8 Å². The van der Waals surface area contributed by atoms with Gasteiger partial charge in [-0.1, -0.05) is 6.07 Å². The quantitative estimate of drug-likeness (QED) is 0.863. The molecule has 1 aliphatic heterocycles. The molecule has 108 valence electrons. The third kappa shape index (κ3) is 3.73. The van der Waals surface area contributed by atoms with Crippen LogP contribution >= 0.6 is 0 Å². The van der Waals surface area contributed by atoms with Gasteiger partial charge in [0.05, 0.1) is 6.61 Å². The average molecular weight is 274 g/mol. The number of rotatable bonds is 5. The molecule has 1 aromatic rings. The molecule has 2 aliphatic rings. The highest BCUT2D eigenvalue weighted by atomic mass is 16.5. The zero-order chi connectivity index (χ0) is 13.8. The Morgan fingerprint density at radius 2 is 2.05 bits per heavy atom. The molecule has 3 rings (SSSR count). The summed E-state index contributed by atoms with van der Waals surface area (Å²) in [7, 11) is 0. The van der Waals surface area contributed by atoms with E-state index >= 15 is 0 Å². The van der Waals surface area contributed by atoms with Crippen LogP contribution in [-0.4, -0.2) is 31.6 Å². The second-order valence-electron chi connectivity index (χ2n) is 5.78. The molecular formula is C16H22N2O2. The Balaban J connectivity index is 1.54. The summed E-state index contributed by atoms with van der Waals surface area (Å²) in [4.78, 5) is 12.0. The van der Waals surface area contributed by atoms with E-state index < -0.39 is 0 Å². The van der Waals surface area contributed by atoms with Gasteiger partial charge in [-0.2, -0.15) is 0 Å². The molecule has 1 heterocycles. The maximum Gasteiger partial charge on any atom is 0.251 e. The SMILES string of the molecule is O=C(NC1CC1)c1cccc(OCC2CCNCC2)c1. The van der Waals surface area contributed by atoms with Crippen LogP contribution in [0.25, 0.3) is 0 Å². The maximum atomic E-state index is 12.0. The van der Waals surface area contributed by atoms with Gasteiger partial charge in [-0.05, 0) is 62.9 Å². The first kappa shape index (κ1) is 13.4. The van der Waals surface area contributed by atoms with Crippen LogP contribution in [0.3, 0.4) is 0 Å². The van der Waals surface area contributed by atoms with Crippen molar-refractivity contribution in [3.63, 3.8) is 0 Å². The summed E-state index contributed by atoms with van der Waals surface area (Å²) in [6.07, 6.45) is 4.55. The minimum absolute atomic E-state index is 0.0137. The average Bonchev–Trinajstić information content (AvgIpc) is 3.30. The first-order valence-electron chi connectivity index (χ1n) is 7.56. The number of nitrogens with one attached hydrogen (secondary N) is 2. The van der Waals surface area contributed by atoms with Crippen molar-refractivity contribution < 1.29 is 9.53 Å². The topological polar surface area (TPSA) is 50.4 Å². The lowest BCUT2D eigenvalue weighted by Crippen LogP contribution is -2.30. The molecule has 1 aliphatic carbocycles. The van der Waals surface area contributed by atoms with Crippen molar-refractivity contribution in [2.75, 3.05) is 19.7 Å². The van der Waals surface area contributed by atoms with Crippen molar-refractivity contribution in [2.45, 2.75) is 31.7 Å². The molecule has 1 saturated heterocycles. The summed E-state index contributed by atoms with van der Waals surface area (Å²) in [6, 6.07) is 7.89. The lowest BCUT2D eigenvalue weighted by atomic mass is 9.99. The molecule has 0 radical (unpaired) electrons. The Kier molecular flexibility index (Phi) is 4.21. The van der Waals surface area contributed by atoms with Crippen molar-refractivity contribution in [3.05, 3.63) is 29.8 Å². The third-order valence-corrected chi connectivity index (χ3v) is 3.95. The molecule has 4 heteroatoms. The summed E-state index contributed by atoms with van der Waals surface area (Å²) in [6.45, 7) is 2.91. The number of hydrogen-bond acceptors (Lipinski definition) is 3. The van der Waals surface area contributed by atoms with Gasteiger partial charge in [0.1, 0.15) is 5.75 Å². The largest absolute Gasteiger partial charge is 0.493 e. The monoisotopic (exact) mass is 274 g/mol. The van der Waals surface area contributed by atoms with Gasteiger partial charge in [0, 0.05) is 11.6 Å². The molecule has 0 atom stereocenters. The Labute approximate surface area is 119 Å². The van der Waals surface area contributed by atoms with Gasteiger partial charge in [-0.3, -0.25) is 4.79 Å². The minimum atomic E-state index is 0.0137. The Morgan fingerprint density at radius 1 is 1.25 bits per heavy atom. The molecular weight excluding hydrogens is 252 g/mol. The second-order valence-corrected chi connectivity index (χ2v) is 5.78.